The molecule has 0 unspecified atom stereocenters. The van der Waals surface area contributed by atoms with Crippen molar-refractivity contribution in [3.8, 4) is 11.8 Å². The van der Waals surface area contributed by atoms with Gasteiger partial charge in [0.25, 0.3) is 5.91 Å². The van der Waals surface area contributed by atoms with Crippen molar-refractivity contribution in [2.24, 2.45) is 28.4 Å². The van der Waals surface area contributed by atoms with Crippen LogP contribution in [0, 0.1) is 34.0 Å². The van der Waals surface area contributed by atoms with E-state index < -0.39 is 5.91 Å². The lowest BCUT2D eigenvalue weighted by Crippen LogP contribution is -2.74. The molecule has 1 aliphatic carbocycles. The number of nitrogens with zero attached hydrogens (tertiary/aromatic N) is 11. The predicted molar refractivity (Wildman–Crippen MR) is 278 cm³/mol. The fourth-order valence-electron chi connectivity index (χ4n) is 12.7. The zero-order chi connectivity index (χ0) is 49.9. The first-order valence-corrected chi connectivity index (χ1v) is 26.3. The number of aryl methyl sites for hydroxylation is 1. The molecule has 4 fully saturated rings. The number of nitriles is 1. The molecule has 378 valence electrons. The standard InChI is InChI=1S/C54H72ClN13O3/c1-6-39-32-62-68-46(26-47(63-49(39)68)67-19-8-7-9-43(67)18-24-69)59-29-38-10-12-42(58-28-38)35-66(50-53(2,3)51(54(50,4)5)71-44-13-11-40(27-56)45(55)25-44)34-37-14-20-64(21-15-37)33-36-16-22-65(23-17-36)52-60-30-41(31-61-52)48(57)70/h10-13,25-26,28,30-32,36-37,43,50-51,59,69H,6-9,14-24,29,33-35H2,1-5H3,(H2,57,70)/t43-,50?,51?/m0/s1. The number of anilines is 3. The lowest BCUT2D eigenvalue weighted by Gasteiger charge is -2.66. The highest BCUT2D eigenvalue weighted by atomic mass is 35.5. The van der Waals surface area contributed by atoms with Gasteiger partial charge in [-0.05, 0) is 106 Å². The van der Waals surface area contributed by atoms with Gasteiger partial charge in [0.05, 0.1) is 28.0 Å². The van der Waals surface area contributed by atoms with E-state index in [1.54, 1.807) is 12.1 Å². The van der Waals surface area contributed by atoms with Crippen LogP contribution in [-0.2, 0) is 19.5 Å². The summed E-state index contributed by atoms with van der Waals surface area (Å²) in [6.07, 6.45) is 16.3. The van der Waals surface area contributed by atoms with Gasteiger partial charge in [0.15, 0.2) is 5.65 Å². The van der Waals surface area contributed by atoms with E-state index in [-0.39, 0.29) is 35.6 Å². The van der Waals surface area contributed by atoms with Crippen LogP contribution in [0.15, 0.2) is 61.2 Å². The third kappa shape index (κ3) is 10.9. The van der Waals surface area contributed by atoms with E-state index in [1.807, 2.05) is 23.0 Å². The number of likely N-dealkylation sites (tertiary alicyclic amines) is 1. The SMILES string of the molecule is CCc1cnn2c(NCc3ccc(CN(CC4CCN(CC5CCN(c6ncc(C(N)=O)cn6)CC5)CC4)C4C(C)(C)C(Oc5ccc(C#N)c(Cl)c5)C4(C)C)nc3)cc(N3CCCC[C@H]3CCO)nc12. The highest BCUT2D eigenvalue weighted by molar-refractivity contribution is 6.31. The summed E-state index contributed by atoms with van der Waals surface area (Å²) in [5, 5.41) is 28.2. The van der Waals surface area contributed by atoms with Gasteiger partial charge in [0.1, 0.15) is 29.6 Å². The first kappa shape index (κ1) is 50.3. The number of aliphatic hydroxyl groups excluding tert-OH is 1. The Morgan fingerprint density at radius 3 is 2.35 bits per heavy atom. The Kier molecular flexibility index (Phi) is 15.3. The molecule has 9 rings (SSSR count). The van der Waals surface area contributed by atoms with Gasteiger partial charge in [-0.25, -0.2) is 15.0 Å². The second-order valence-electron chi connectivity index (χ2n) is 21.7. The number of pyridine rings is 1. The number of rotatable bonds is 18. The molecule has 1 aromatic carbocycles. The van der Waals surface area contributed by atoms with Crippen molar-refractivity contribution in [1.29, 1.82) is 5.26 Å². The van der Waals surface area contributed by atoms with Gasteiger partial charge < -0.3 is 35.6 Å². The number of hydrogen-bond acceptors (Lipinski definition) is 14. The lowest BCUT2D eigenvalue weighted by atomic mass is 9.48. The number of nitrogens with two attached hydrogens (primary N) is 1. The molecular weight excluding hydrogens is 914 g/mol. The number of fused-ring (bicyclic) bond motifs is 1. The predicted octanol–water partition coefficient (Wildman–Crippen LogP) is 7.77. The molecule has 4 N–H and O–H groups in total. The van der Waals surface area contributed by atoms with Crippen LogP contribution in [0.4, 0.5) is 17.6 Å². The number of piperidine rings is 3. The van der Waals surface area contributed by atoms with Gasteiger partial charge in [0, 0.05) is 112 Å². The monoisotopic (exact) mass is 986 g/mol. The number of primary amides is 1. The molecule has 16 nitrogen and oxygen atoms in total. The number of halogens is 1. The molecule has 4 aliphatic rings. The van der Waals surface area contributed by atoms with Crippen molar-refractivity contribution in [2.45, 2.75) is 124 Å². The van der Waals surface area contributed by atoms with Gasteiger partial charge in [-0.1, -0.05) is 52.3 Å². The summed E-state index contributed by atoms with van der Waals surface area (Å²) in [6.45, 7) is 19.9. The minimum atomic E-state index is -0.513. The first-order valence-electron chi connectivity index (χ1n) is 25.9. The second kappa shape index (κ2) is 21.6. The largest absolute Gasteiger partial charge is 0.489 e. The van der Waals surface area contributed by atoms with E-state index in [0.29, 0.717) is 46.2 Å². The number of nitrogens with one attached hydrogen (secondary N) is 1. The zero-order valence-corrected chi connectivity index (χ0v) is 43.0. The number of ether oxygens (including phenoxy) is 1. The minimum absolute atomic E-state index is 0.0823. The van der Waals surface area contributed by atoms with Crippen molar-refractivity contribution in [3.05, 3.63) is 94.2 Å². The van der Waals surface area contributed by atoms with Crippen molar-refractivity contribution >= 4 is 40.7 Å². The van der Waals surface area contributed by atoms with Crippen molar-refractivity contribution in [1.82, 2.24) is 39.3 Å². The number of aliphatic hydroxyl groups is 1. The molecule has 0 bridgehead atoms. The van der Waals surface area contributed by atoms with Crippen molar-refractivity contribution in [3.63, 3.8) is 0 Å². The van der Waals surface area contributed by atoms with Crippen molar-refractivity contribution < 1.29 is 14.6 Å². The average Bonchev–Trinajstić information content (AvgIpc) is 3.79. The summed E-state index contributed by atoms with van der Waals surface area (Å²) >= 11 is 6.48. The van der Waals surface area contributed by atoms with Gasteiger partial charge >= 0.3 is 0 Å². The number of carbonyl (C=O) groups excluding carboxylic acids is 1. The van der Waals surface area contributed by atoms with Gasteiger partial charge in [-0.15, -0.1) is 0 Å². The number of aromatic nitrogens is 6. The minimum Gasteiger partial charge on any atom is -0.489 e. The van der Waals surface area contributed by atoms with Crippen LogP contribution in [0.1, 0.15) is 119 Å². The third-order valence-electron chi connectivity index (χ3n) is 16.0. The van der Waals surface area contributed by atoms with E-state index in [2.05, 4.69) is 93.8 Å². The smallest absolute Gasteiger partial charge is 0.251 e. The zero-order valence-electron chi connectivity index (χ0n) is 42.2. The van der Waals surface area contributed by atoms with Crippen LogP contribution in [0.25, 0.3) is 5.65 Å². The van der Waals surface area contributed by atoms with Gasteiger partial charge in [-0.3, -0.25) is 14.7 Å². The fourth-order valence-corrected chi connectivity index (χ4v) is 12.9. The Balaban J connectivity index is 0.872. The molecule has 71 heavy (non-hydrogen) atoms. The molecule has 5 aromatic rings. The van der Waals surface area contributed by atoms with Crippen LogP contribution in [0.2, 0.25) is 5.02 Å². The molecule has 1 amide bonds. The third-order valence-corrected chi connectivity index (χ3v) is 16.3. The molecule has 7 heterocycles. The lowest BCUT2D eigenvalue weighted by molar-refractivity contribution is -0.214. The van der Waals surface area contributed by atoms with E-state index in [4.69, 9.17) is 37.1 Å². The first-order chi connectivity index (χ1) is 34.2. The highest BCUT2D eigenvalue weighted by Crippen LogP contribution is 2.58. The van der Waals surface area contributed by atoms with Gasteiger partial charge in [-0.2, -0.15) is 14.9 Å². The maximum Gasteiger partial charge on any atom is 0.251 e. The van der Waals surface area contributed by atoms with E-state index in [1.165, 1.54) is 18.8 Å². The van der Waals surface area contributed by atoms with Crippen LogP contribution >= 0.6 is 11.6 Å². The molecule has 0 spiro atoms. The van der Waals surface area contributed by atoms with Crippen LogP contribution in [0.3, 0.4) is 0 Å². The average molecular weight is 987 g/mol. The van der Waals surface area contributed by atoms with Crippen LogP contribution in [-0.4, -0.2) is 121 Å². The fraction of sp³-hybridized carbons (Fsp3) is 0.574. The Bertz CT molecular complexity index is 2640. The molecule has 0 radical (unpaired) electrons. The molecule has 4 aromatic heterocycles. The summed E-state index contributed by atoms with van der Waals surface area (Å²) in [4.78, 5) is 40.5. The number of carbonyl (C=O) groups is 1. The van der Waals surface area contributed by atoms with E-state index >= 15 is 0 Å². The second-order valence-corrected chi connectivity index (χ2v) is 22.1. The van der Waals surface area contributed by atoms with Gasteiger partial charge in [0.2, 0.25) is 5.95 Å². The maximum absolute atomic E-state index is 11.5. The summed E-state index contributed by atoms with van der Waals surface area (Å²) in [5.74, 6) is 3.82. The Hall–Kier alpha value is -5.60. The number of amides is 1. The normalized spacial score (nSPS) is 21.8. The van der Waals surface area contributed by atoms with E-state index in [9.17, 15) is 15.2 Å². The maximum atomic E-state index is 11.5. The molecule has 3 saturated heterocycles. The van der Waals surface area contributed by atoms with Crippen LogP contribution < -0.4 is 25.6 Å². The summed E-state index contributed by atoms with van der Waals surface area (Å²) < 4.78 is 8.70. The molecular formula is C54H72ClN13O3. The number of benzene rings is 1. The van der Waals surface area contributed by atoms with Crippen LogP contribution in [0.5, 0.6) is 5.75 Å². The Morgan fingerprint density at radius 1 is 0.944 bits per heavy atom. The Labute approximate surface area is 424 Å². The summed E-state index contributed by atoms with van der Waals surface area (Å²) in [6, 6.07) is 14.5. The van der Waals surface area contributed by atoms with E-state index in [0.717, 1.165) is 138 Å². The summed E-state index contributed by atoms with van der Waals surface area (Å²) in [7, 11) is 0. The molecule has 17 heteroatoms. The summed E-state index contributed by atoms with van der Waals surface area (Å²) in [5.41, 5.74) is 9.85. The Morgan fingerprint density at radius 2 is 1.69 bits per heavy atom. The van der Waals surface area contributed by atoms with Crippen molar-refractivity contribution in [2.75, 3.05) is 67.5 Å². The highest BCUT2D eigenvalue weighted by Gasteiger charge is 2.65. The molecule has 1 atom stereocenters. The quantitative estimate of drug-likeness (QED) is 0.0772. The topological polar surface area (TPSA) is 190 Å². The molecule has 3 aliphatic heterocycles. The number of hydrogen-bond donors (Lipinski definition) is 3. The molecule has 1 saturated carbocycles.